The fourth-order valence-electron chi connectivity index (χ4n) is 2.08. The summed E-state index contributed by atoms with van der Waals surface area (Å²) in [7, 11) is 1.65. The highest BCUT2D eigenvalue weighted by atomic mass is 79.9. The lowest BCUT2D eigenvalue weighted by molar-refractivity contribution is 0.306. The quantitative estimate of drug-likeness (QED) is 0.716. The lowest BCUT2D eigenvalue weighted by atomic mass is 10.2. The molecular formula is C16H12BrFN2O2. The maximum Gasteiger partial charge on any atom is 0.261 e. The molecule has 3 rings (SSSR count). The number of nitrogens with zero attached hydrogens (tertiary/aromatic N) is 2. The van der Waals surface area contributed by atoms with E-state index in [-0.39, 0.29) is 18.0 Å². The van der Waals surface area contributed by atoms with Gasteiger partial charge in [0.2, 0.25) is 0 Å². The van der Waals surface area contributed by atoms with E-state index in [0.717, 1.165) is 5.56 Å². The van der Waals surface area contributed by atoms with Gasteiger partial charge in [-0.2, -0.15) is 0 Å². The zero-order valence-corrected chi connectivity index (χ0v) is 13.3. The Kier molecular flexibility index (Phi) is 3.94. The topological polar surface area (TPSA) is 44.1 Å². The van der Waals surface area contributed by atoms with Crippen LogP contribution in [0.15, 0.2) is 52.0 Å². The molecule has 22 heavy (non-hydrogen) atoms. The second-order valence-electron chi connectivity index (χ2n) is 4.88. The number of aromatic nitrogens is 2. The van der Waals surface area contributed by atoms with Crippen molar-refractivity contribution in [2.45, 2.75) is 6.61 Å². The van der Waals surface area contributed by atoms with Crippen molar-refractivity contribution in [2.75, 3.05) is 0 Å². The number of ether oxygens (including phenoxy) is 1. The lowest BCUT2D eigenvalue weighted by Crippen LogP contribution is -2.16. The molecule has 0 spiro atoms. The lowest BCUT2D eigenvalue weighted by Gasteiger charge is -2.08. The van der Waals surface area contributed by atoms with E-state index in [1.165, 1.54) is 17.0 Å². The van der Waals surface area contributed by atoms with Crippen LogP contribution in [0, 0.1) is 5.82 Å². The maximum absolute atomic E-state index is 13.2. The second kappa shape index (κ2) is 5.88. The summed E-state index contributed by atoms with van der Waals surface area (Å²) in [6.45, 7) is 0.283. The number of hydrogen-bond donors (Lipinski definition) is 0. The number of aryl methyl sites for hydroxylation is 1. The van der Waals surface area contributed by atoms with E-state index >= 15 is 0 Å². The summed E-state index contributed by atoms with van der Waals surface area (Å²) in [5, 5.41) is 0.503. The Balaban J connectivity index is 1.86. The zero-order chi connectivity index (χ0) is 15.7. The summed E-state index contributed by atoms with van der Waals surface area (Å²) in [6.07, 6.45) is 1.49. The Morgan fingerprint density at radius 1 is 1.27 bits per heavy atom. The molecule has 1 aromatic heterocycles. The molecule has 0 saturated heterocycles. The van der Waals surface area contributed by atoms with Crippen molar-refractivity contribution in [3.8, 4) is 5.75 Å². The molecule has 0 saturated carbocycles. The minimum Gasteiger partial charge on any atom is -0.489 e. The van der Waals surface area contributed by atoms with Gasteiger partial charge < -0.3 is 9.30 Å². The van der Waals surface area contributed by atoms with Crippen molar-refractivity contribution in [1.82, 2.24) is 9.55 Å². The third-order valence-electron chi connectivity index (χ3n) is 3.28. The van der Waals surface area contributed by atoms with E-state index in [1.807, 2.05) is 0 Å². The number of halogens is 2. The van der Waals surface area contributed by atoms with Gasteiger partial charge in [0, 0.05) is 7.05 Å². The summed E-state index contributed by atoms with van der Waals surface area (Å²) < 4.78 is 20.7. The molecule has 0 radical (unpaired) electrons. The molecule has 2 aromatic carbocycles. The van der Waals surface area contributed by atoms with Crippen LogP contribution in [0.1, 0.15) is 5.56 Å². The van der Waals surface area contributed by atoms with Crippen LogP contribution >= 0.6 is 15.9 Å². The van der Waals surface area contributed by atoms with E-state index in [0.29, 0.717) is 21.1 Å². The normalized spacial score (nSPS) is 10.9. The van der Waals surface area contributed by atoms with Crippen LogP contribution in [0.25, 0.3) is 10.9 Å². The number of hydrogen-bond acceptors (Lipinski definition) is 3. The Bertz CT molecular complexity index is 908. The van der Waals surface area contributed by atoms with Gasteiger partial charge in [-0.25, -0.2) is 9.37 Å². The Morgan fingerprint density at radius 2 is 2.09 bits per heavy atom. The first-order valence-corrected chi connectivity index (χ1v) is 7.36. The molecule has 0 aliphatic carbocycles. The molecule has 0 amide bonds. The molecule has 0 unspecified atom stereocenters. The van der Waals surface area contributed by atoms with Gasteiger partial charge >= 0.3 is 0 Å². The third kappa shape index (κ3) is 2.87. The molecular weight excluding hydrogens is 351 g/mol. The summed E-state index contributed by atoms with van der Waals surface area (Å²) >= 11 is 3.14. The number of benzene rings is 2. The van der Waals surface area contributed by atoms with Gasteiger partial charge in [-0.05, 0) is 51.8 Å². The van der Waals surface area contributed by atoms with Crippen LogP contribution < -0.4 is 10.3 Å². The largest absolute Gasteiger partial charge is 0.489 e. The van der Waals surface area contributed by atoms with Gasteiger partial charge in [0.25, 0.3) is 5.56 Å². The van der Waals surface area contributed by atoms with Gasteiger partial charge in [0.1, 0.15) is 18.2 Å². The van der Waals surface area contributed by atoms with E-state index in [4.69, 9.17) is 4.74 Å². The van der Waals surface area contributed by atoms with Crippen molar-refractivity contribution in [2.24, 2.45) is 7.05 Å². The van der Waals surface area contributed by atoms with Gasteiger partial charge in [0.15, 0.2) is 0 Å². The van der Waals surface area contributed by atoms with E-state index in [2.05, 4.69) is 20.9 Å². The molecule has 0 N–H and O–H groups in total. The van der Waals surface area contributed by atoms with Crippen LogP contribution in [0.3, 0.4) is 0 Å². The molecule has 6 heteroatoms. The summed E-state index contributed by atoms with van der Waals surface area (Å²) in [5.41, 5.74) is 1.33. The molecule has 0 fully saturated rings. The van der Waals surface area contributed by atoms with Crippen LogP contribution in [0.5, 0.6) is 5.75 Å². The third-order valence-corrected chi connectivity index (χ3v) is 3.89. The van der Waals surface area contributed by atoms with E-state index in [1.54, 1.807) is 37.4 Å². The smallest absolute Gasteiger partial charge is 0.261 e. The molecule has 0 aliphatic rings. The zero-order valence-electron chi connectivity index (χ0n) is 11.7. The average molecular weight is 363 g/mol. The minimum absolute atomic E-state index is 0.125. The van der Waals surface area contributed by atoms with Crippen LogP contribution in [0.2, 0.25) is 0 Å². The van der Waals surface area contributed by atoms with Crippen molar-refractivity contribution >= 4 is 26.8 Å². The molecule has 3 aromatic rings. The molecule has 0 aliphatic heterocycles. The molecule has 4 nitrogen and oxygen atoms in total. The molecule has 112 valence electrons. The first-order chi connectivity index (χ1) is 10.5. The fourth-order valence-corrected chi connectivity index (χ4v) is 2.50. The summed E-state index contributed by atoms with van der Waals surface area (Å²) in [6, 6.07) is 9.87. The highest BCUT2D eigenvalue weighted by molar-refractivity contribution is 9.10. The predicted octanol–water partition coefficient (Wildman–Crippen LogP) is 3.41. The number of fused-ring (bicyclic) bond motifs is 1. The Morgan fingerprint density at radius 3 is 2.86 bits per heavy atom. The average Bonchev–Trinajstić information content (AvgIpc) is 2.52. The van der Waals surface area contributed by atoms with Gasteiger partial charge in [-0.15, -0.1) is 0 Å². The van der Waals surface area contributed by atoms with Gasteiger partial charge in [0.05, 0.1) is 21.7 Å². The molecule has 0 atom stereocenters. The van der Waals surface area contributed by atoms with E-state index in [9.17, 15) is 9.18 Å². The molecule has 1 heterocycles. The Labute approximate surface area is 134 Å². The maximum atomic E-state index is 13.2. The SMILES string of the molecule is Cn1cnc2ccc(OCc3ccc(F)c(Br)c3)cc2c1=O. The van der Waals surface area contributed by atoms with Crippen molar-refractivity contribution < 1.29 is 9.13 Å². The van der Waals surface area contributed by atoms with Crippen molar-refractivity contribution in [3.63, 3.8) is 0 Å². The minimum atomic E-state index is -0.316. The van der Waals surface area contributed by atoms with Crippen molar-refractivity contribution in [3.05, 3.63) is 68.9 Å². The van der Waals surface area contributed by atoms with Crippen LogP contribution in [0.4, 0.5) is 4.39 Å². The van der Waals surface area contributed by atoms with Crippen LogP contribution in [-0.4, -0.2) is 9.55 Å². The molecule has 0 bridgehead atoms. The first kappa shape index (κ1) is 14.7. The summed E-state index contributed by atoms with van der Waals surface area (Å²) in [5.74, 6) is 0.252. The standard InChI is InChI=1S/C16H12BrFN2O2/c1-20-9-19-15-5-3-11(7-12(15)16(20)21)22-8-10-2-4-14(18)13(17)6-10/h2-7,9H,8H2,1H3. The van der Waals surface area contributed by atoms with E-state index < -0.39 is 0 Å². The monoisotopic (exact) mass is 362 g/mol. The van der Waals surface area contributed by atoms with Gasteiger partial charge in [-0.1, -0.05) is 6.07 Å². The fraction of sp³-hybridized carbons (Fsp3) is 0.125. The Hall–Kier alpha value is -2.21. The summed E-state index contributed by atoms with van der Waals surface area (Å²) in [4.78, 5) is 16.2. The second-order valence-corrected chi connectivity index (χ2v) is 5.73. The first-order valence-electron chi connectivity index (χ1n) is 6.57. The van der Waals surface area contributed by atoms with Crippen LogP contribution in [-0.2, 0) is 13.7 Å². The van der Waals surface area contributed by atoms with Crippen molar-refractivity contribution in [1.29, 1.82) is 0 Å². The number of rotatable bonds is 3. The highest BCUT2D eigenvalue weighted by Crippen LogP contribution is 2.20. The highest BCUT2D eigenvalue weighted by Gasteiger charge is 2.05. The predicted molar refractivity (Wildman–Crippen MR) is 85.4 cm³/mol. The van der Waals surface area contributed by atoms with Gasteiger partial charge in [-0.3, -0.25) is 4.79 Å².